The molecule has 7 nitrogen and oxygen atoms in total. The highest BCUT2D eigenvalue weighted by atomic mass is 32.1. The molecule has 0 bridgehead atoms. The number of methoxy groups -OCH3 is 1. The zero-order valence-corrected chi connectivity index (χ0v) is 21.5. The van der Waals surface area contributed by atoms with Gasteiger partial charge in [-0.2, -0.15) is 0 Å². The first-order valence-electron chi connectivity index (χ1n) is 11.4. The molecule has 0 saturated carbocycles. The van der Waals surface area contributed by atoms with Crippen molar-refractivity contribution in [3.05, 3.63) is 71.3 Å². The van der Waals surface area contributed by atoms with Gasteiger partial charge in [0.05, 0.1) is 31.7 Å². The number of amides is 1. The Bertz CT molecular complexity index is 1210. The lowest BCUT2D eigenvalue weighted by atomic mass is 10.1. The van der Waals surface area contributed by atoms with Crippen molar-refractivity contribution in [2.24, 2.45) is 0 Å². The van der Waals surface area contributed by atoms with Crippen LogP contribution >= 0.6 is 12.2 Å². The summed E-state index contributed by atoms with van der Waals surface area (Å²) in [6.07, 6.45) is 0. The Kier molecular flexibility index (Phi) is 8.92. The molecule has 8 heteroatoms. The van der Waals surface area contributed by atoms with E-state index in [1.165, 1.54) is 0 Å². The van der Waals surface area contributed by atoms with Crippen molar-refractivity contribution < 1.29 is 19.0 Å². The molecule has 1 amide bonds. The van der Waals surface area contributed by atoms with E-state index in [4.69, 9.17) is 26.4 Å². The summed E-state index contributed by atoms with van der Waals surface area (Å²) < 4.78 is 16.9. The molecule has 3 aromatic rings. The molecule has 0 spiro atoms. The third-order valence-electron chi connectivity index (χ3n) is 5.15. The number of rotatable bonds is 9. The zero-order chi connectivity index (χ0) is 25.4. The smallest absolute Gasteiger partial charge is 0.255 e. The van der Waals surface area contributed by atoms with Crippen LogP contribution in [0.25, 0.3) is 0 Å². The summed E-state index contributed by atoms with van der Waals surface area (Å²) in [7, 11) is 1.56. The summed E-state index contributed by atoms with van der Waals surface area (Å²) in [6, 6.07) is 16.6. The molecule has 0 aliphatic heterocycles. The van der Waals surface area contributed by atoms with Crippen LogP contribution in [-0.2, 0) is 0 Å². The second-order valence-electron chi connectivity index (χ2n) is 7.79. The average Bonchev–Trinajstić information content (AvgIpc) is 2.84. The number of ether oxygens (including phenoxy) is 3. The monoisotopic (exact) mass is 493 g/mol. The van der Waals surface area contributed by atoms with Crippen LogP contribution in [0.2, 0.25) is 0 Å². The van der Waals surface area contributed by atoms with Crippen molar-refractivity contribution in [3.8, 4) is 17.2 Å². The van der Waals surface area contributed by atoms with Gasteiger partial charge in [0.25, 0.3) is 5.91 Å². The van der Waals surface area contributed by atoms with Gasteiger partial charge in [0.1, 0.15) is 17.2 Å². The normalized spacial score (nSPS) is 10.3. The first-order chi connectivity index (χ1) is 16.8. The van der Waals surface area contributed by atoms with E-state index in [1.807, 2.05) is 39.8 Å². The first-order valence-corrected chi connectivity index (χ1v) is 11.8. The maximum absolute atomic E-state index is 12.9. The first kappa shape index (κ1) is 25.8. The number of anilines is 3. The molecule has 0 heterocycles. The lowest BCUT2D eigenvalue weighted by Crippen LogP contribution is -2.20. The van der Waals surface area contributed by atoms with Crippen LogP contribution in [0.1, 0.15) is 35.3 Å². The molecule has 0 aliphatic carbocycles. The number of hydrogen-bond acceptors (Lipinski definition) is 5. The molecule has 184 valence electrons. The number of carbonyl (C=O) groups excluding carboxylic acids is 1. The Balaban J connectivity index is 1.88. The van der Waals surface area contributed by atoms with Gasteiger partial charge >= 0.3 is 0 Å². The number of benzene rings is 3. The van der Waals surface area contributed by atoms with Crippen molar-refractivity contribution in [2.45, 2.75) is 27.7 Å². The van der Waals surface area contributed by atoms with E-state index in [1.54, 1.807) is 43.5 Å². The van der Waals surface area contributed by atoms with Crippen LogP contribution in [0.15, 0.2) is 54.6 Å². The van der Waals surface area contributed by atoms with Crippen LogP contribution < -0.4 is 30.2 Å². The summed E-state index contributed by atoms with van der Waals surface area (Å²) in [4.78, 5) is 12.9. The van der Waals surface area contributed by atoms with Crippen LogP contribution in [-0.4, -0.2) is 31.3 Å². The minimum Gasteiger partial charge on any atom is -0.497 e. The van der Waals surface area contributed by atoms with E-state index in [0.29, 0.717) is 52.5 Å². The molecule has 3 N–H and O–H groups in total. The largest absolute Gasteiger partial charge is 0.497 e. The highest BCUT2D eigenvalue weighted by Crippen LogP contribution is 2.37. The fourth-order valence-corrected chi connectivity index (χ4v) is 3.63. The number of aryl methyl sites for hydroxylation is 2. The van der Waals surface area contributed by atoms with E-state index >= 15 is 0 Å². The fraction of sp³-hybridized carbons (Fsp3) is 0.259. The summed E-state index contributed by atoms with van der Waals surface area (Å²) >= 11 is 5.56. The predicted molar refractivity (Wildman–Crippen MR) is 145 cm³/mol. The van der Waals surface area contributed by atoms with E-state index in [0.717, 1.165) is 16.8 Å². The van der Waals surface area contributed by atoms with Gasteiger partial charge in [0.2, 0.25) is 0 Å². The predicted octanol–water partition coefficient (Wildman–Crippen LogP) is 6.17. The fourth-order valence-electron chi connectivity index (χ4n) is 3.41. The molecule has 0 unspecified atom stereocenters. The topological polar surface area (TPSA) is 80.9 Å². The van der Waals surface area contributed by atoms with Gasteiger partial charge in [-0.15, -0.1) is 0 Å². The molecule has 0 aromatic heterocycles. The summed E-state index contributed by atoms with van der Waals surface area (Å²) in [6.45, 7) is 8.67. The van der Waals surface area contributed by atoms with Gasteiger partial charge in [-0.25, -0.2) is 0 Å². The Hall–Kier alpha value is -3.78. The van der Waals surface area contributed by atoms with Crippen molar-refractivity contribution in [2.75, 3.05) is 36.3 Å². The lowest BCUT2D eigenvalue weighted by Gasteiger charge is -2.19. The summed E-state index contributed by atoms with van der Waals surface area (Å²) in [5.74, 6) is 1.33. The van der Waals surface area contributed by atoms with Gasteiger partial charge in [-0.1, -0.05) is 18.2 Å². The van der Waals surface area contributed by atoms with E-state index in [2.05, 4.69) is 22.0 Å². The minimum atomic E-state index is -0.292. The maximum Gasteiger partial charge on any atom is 0.255 e. The number of thiocarbonyl (C=S) groups is 1. The summed E-state index contributed by atoms with van der Waals surface area (Å²) in [5.41, 5.74) is 4.71. The average molecular weight is 494 g/mol. The van der Waals surface area contributed by atoms with Crippen molar-refractivity contribution >= 4 is 40.3 Å². The third kappa shape index (κ3) is 6.86. The van der Waals surface area contributed by atoms with Crippen LogP contribution in [0.5, 0.6) is 17.2 Å². The molecule has 0 fully saturated rings. The maximum atomic E-state index is 12.9. The molecule has 3 aromatic carbocycles. The van der Waals surface area contributed by atoms with Gasteiger partial charge in [-0.3, -0.25) is 4.79 Å². The molecule has 0 radical (unpaired) electrons. The van der Waals surface area contributed by atoms with Crippen molar-refractivity contribution in [3.63, 3.8) is 0 Å². The summed E-state index contributed by atoms with van der Waals surface area (Å²) in [5, 5.41) is 9.78. The Morgan fingerprint density at radius 3 is 2.09 bits per heavy atom. The quantitative estimate of drug-likeness (QED) is 0.308. The highest BCUT2D eigenvalue weighted by Gasteiger charge is 2.17. The van der Waals surface area contributed by atoms with Gasteiger partial charge in [0, 0.05) is 23.4 Å². The minimum absolute atomic E-state index is 0.292. The van der Waals surface area contributed by atoms with Crippen LogP contribution in [0.4, 0.5) is 17.1 Å². The lowest BCUT2D eigenvalue weighted by molar-refractivity contribution is 0.102. The molecule has 35 heavy (non-hydrogen) atoms. The Morgan fingerprint density at radius 1 is 0.829 bits per heavy atom. The zero-order valence-electron chi connectivity index (χ0n) is 20.7. The van der Waals surface area contributed by atoms with E-state index in [-0.39, 0.29) is 5.91 Å². The van der Waals surface area contributed by atoms with Crippen molar-refractivity contribution in [1.82, 2.24) is 0 Å². The molecular formula is C27H31N3O4S. The number of carbonyl (C=O) groups is 1. The van der Waals surface area contributed by atoms with Crippen LogP contribution in [0.3, 0.4) is 0 Å². The van der Waals surface area contributed by atoms with Gasteiger partial charge in [-0.05, 0) is 75.3 Å². The van der Waals surface area contributed by atoms with Crippen LogP contribution in [0, 0.1) is 13.8 Å². The molecule has 3 rings (SSSR count). The molecule has 0 saturated heterocycles. The Labute approximate surface area is 211 Å². The van der Waals surface area contributed by atoms with Gasteiger partial charge in [0.15, 0.2) is 5.11 Å². The van der Waals surface area contributed by atoms with E-state index in [9.17, 15) is 4.79 Å². The van der Waals surface area contributed by atoms with E-state index < -0.39 is 0 Å². The molecule has 0 atom stereocenters. The Morgan fingerprint density at radius 2 is 1.46 bits per heavy atom. The van der Waals surface area contributed by atoms with Gasteiger partial charge < -0.3 is 30.2 Å². The van der Waals surface area contributed by atoms with Crippen molar-refractivity contribution in [1.29, 1.82) is 0 Å². The second kappa shape index (κ2) is 12.1. The number of hydrogen-bond donors (Lipinski definition) is 3. The number of nitrogens with one attached hydrogen (secondary N) is 3. The SMILES string of the molecule is CCOc1cc(NC(=S)Nc2cc(C)ccc2C)c(OCC)cc1NC(=O)c1cccc(OC)c1. The third-order valence-corrected chi connectivity index (χ3v) is 5.36. The standard InChI is InChI=1S/C27H31N3O4S/c1-6-33-24-16-23(30-27(35)29-21-13-17(3)11-12-18(21)4)25(34-7-2)15-22(24)28-26(31)19-9-8-10-20(14-19)32-5/h8-16H,6-7H2,1-5H3,(H,28,31)(H2,29,30,35). The second-order valence-corrected chi connectivity index (χ2v) is 8.20. The highest BCUT2D eigenvalue weighted by molar-refractivity contribution is 7.80. The molecule has 0 aliphatic rings. The molecular weight excluding hydrogens is 462 g/mol.